The molecule has 25 heavy (non-hydrogen) atoms. The highest BCUT2D eigenvalue weighted by atomic mass is 19.2. The van der Waals surface area contributed by atoms with Gasteiger partial charge in [0.2, 0.25) is 0 Å². The van der Waals surface area contributed by atoms with E-state index in [2.05, 4.69) is 4.74 Å². The van der Waals surface area contributed by atoms with Crippen molar-refractivity contribution in [3.8, 4) is 0 Å². The third-order valence-electron chi connectivity index (χ3n) is 3.21. The fraction of sp³-hybridized carbons (Fsp3) is 0.412. The van der Waals surface area contributed by atoms with Crippen LogP contribution in [0.4, 0.5) is 18.9 Å². The summed E-state index contributed by atoms with van der Waals surface area (Å²) < 4.78 is 45.3. The number of halogens is 3. The van der Waals surface area contributed by atoms with Gasteiger partial charge in [-0.05, 0) is 46.1 Å². The number of amides is 1. The van der Waals surface area contributed by atoms with E-state index in [1.54, 1.807) is 6.92 Å². The van der Waals surface area contributed by atoms with Gasteiger partial charge in [0, 0.05) is 18.7 Å². The lowest BCUT2D eigenvalue weighted by Crippen LogP contribution is -2.33. The molecule has 0 aromatic heterocycles. The fourth-order valence-electron chi connectivity index (χ4n) is 2.04. The Morgan fingerprint density at radius 3 is 2.36 bits per heavy atom. The van der Waals surface area contributed by atoms with Crippen LogP contribution in [-0.4, -0.2) is 50.6 Å². The summed E-state index contributed by atoms with van der Waals surface area (Å²) in [6.45, 7) is 2.41. The van der Waals surface area contributed by atoms with Crippen molar-refractivity contribution in [1.82, 2.24) is 4.90 Å². The lowest BCUT2D eigenvalue weighted by molar-refractivity contribution is -0.137. The number of anilines is 1. The number of rotatable bonds is 8. The topological polar surface area (TPSA) is 49.9 Å². The highest BCUT2D eigenvalue weighted by molar-refractivity contribution is 6.04. The Morgan fingerprint density at radius 1 is 1.08 bits per heavy atom. The van der Waals surface area contributed by atoms with Crippen molar-refractivity contribution in [2.45, 2.75) is 13.3 Å². The summed E-state index contributed by atoms with van der Waals surface area (Å²) in [6.07, 6.45) is 2.28. The highest BCUT2D eigenvalue weighted by Crippen LogP contribution is 2.24. The predicted octanol–water partition coefficient (Wildman–Crippen LogP) is 2.51. The van der Waals surface area contributed by atoms with Gasteiger partial charge in [-0.2, -0.15) is 0 Å². The third kappa shape index (κ3) is 6.22. The van der Waals surface area contributed by atoms with Gasteiger partial charge in [0.1, 0.15) is 0 Å². The monoisotopic (exact) mass is 358 g/mol. The second kappa shape index (κ2) is 9.83. The summed E-state index contributed by atoms with van der Waals surface area (Å²) >= 11 is 0. The molecule has 0 saturated heterocycles. The minimum atomic E-state index is -1.66. The quantitative estimate of drug-likeness (QED) is 0.407. The number of benzene rings is 1. The molecule has 0 bridgehead atoms. The number of carbonyl (C=O) groups is 2. The summed E-state index contributed by atoms with van der Waals surface area (Å²) in [6, 6.07) is 1.73. The van der Waals surface area contributed by atoms with Crippen molar-refractivity contribution >= 4 is 17.6 Å². The van der Waals surface area contributed by atoms with Crippen LogP contribution in [0.1, 0.15) is 13.3 Å². The van der Waals surface area contributed by atoms with Gasteiger partial charge in [-0.1, -0.05) is 0 Å². The molecule has 1 rings (SSSR count). The molecule has 0 heterocycles. The molecule has 0 aliphatic heterocycles. The Labute approximate surface area is 144 Å². The average Bonchev–Trinajstić information content (AvgIpc) is 2.55. The molecule has 1 aromatic rings. The van der Waals surface area contributed by atoms with Crippen molar-refractivity contribution in [3.63, 3.8) is 0 Å². The van der Waals surface area contributed by atoms with E-state index in [-0.39, 0.29) is 13.2 Å². The van der Waals surface area contributed by atoms with Crippen molar-refractivity contribution in [1.29, 1.82) is 0 Å². The number of carbonyl (C=O) groups excluding carboxylic acids is 2. The Balaban J connectivity index is 3.06. The molecule has 0 aliphatic rings. The van der Waals surface area contributed by atoms with Crippen molar-refractivity contribution < 1.29 is 27.5 Å². The van der Waals surface area contributed by atoms with Gasteiger partial charge in [-0.3, -0.25) is 4.79 Å². The summed E-state index contributed by atoms with van der Waals surface area (Å²) in [4.78, 5) is 26.4. The van der Waals surface area contributed by atoms with Crippen LogP contribution >= 0.6 is 0 Å². The first-order chi connectivity index (χ1) is 11.8. The predicted molar refractivity (Wildman–Crippen MR) is 87.6 cm³/mol. The van der Waals surface area contributed by atoms with Gasteiger partial charge in [-0.25, -0.2) is 18.0 Å². The van der Waals surface area contributed by atoms with Crippen LogP contribution in [0.15, 0.2) is 24.3 Å². The standard InChI is InChI=1S/C17H21F3N2O3/c1-4-25-15(24)9-8-14(23)22(11-5-10-21(2)3)13-7-6-12(18)16(19)17(13)20/h6-9H,4-5,10-11H2,1-3H3/b9-8+. The largest absolute Gasteiger partial charge is 0.463 e. The second-order valence-corrected chi connectivity index (χ2v) is 5.43. The minimum Gasteiger partial charge on any atom is -0.463 e. The van der Waals surface area contributed by atoms with Crippen molar-refractivity contribution in [2.24, 2.45) is 0 Å². The maximum Gasteiger partial charge on any atom is 0.330 e. The van der Waals surface area contributed by atoms with Crippen LogP contribution in [0.3, 0.4) is 0 Å². The molecule has 0 spiro atoms. The van der Waals surface area contributed by atoms with Gasteiger partial charge >= 0.3 is 5.97 Å². The van der Waals surface area contributed by atoms with E-state index in [1.807, 2.05) is 19.0 Å². The van der Waals surface area contributed by atoms with E-state index < -0.39 is 35.0 Å². The number of nitrogens with zero attached hydrogens (tertiary/aromatic N) is 2. The number of hydrogen-bond donors (Lipinski definition) is 0. The molecular weight excluding hydrogens is 337 g/mol. The van der Waals surface area contributed by atoms with E-state index in [4.69, 9.17) is 0 Å². The maximum absolute atomic E-state index is 14.0. The molecule has 0 unspecified atom stereocenters. The highest BCUT2D eigenvalue weighted by Gasteiger charge is 2.22. The Bertz CT molecular complexity index is 648. The van der Waals surface area contributed by atoms with Crippen LogP contribution in [0, 0.1) is 17.5 Å². The average molecular weight is 358 g/mol. The Kier molecular flexibility index (Phi) is 8.13. The van der Waals surface area contributed by atoms with E-state index in [0.717, 1.165) is 29.2 Å². The molecule has 0 N–H and O–H groups in total. The molecule has 0 atom stereocenters. The molecule has 1 amide bonds. The zero-order chi connectivity index (χ0) is 19.0. The summed E-state index contributed by atoms with van der Waals surface area (Å²) in [5.74, 6) is -5.92. The zero-order valence-electron chi connectivity index (χ0n) is 14.4. The van der Waals surface area contributed by atoms with Crippen LogP contribution in [0.5, 0.6) is 0 Å². The lowest BCUT2D eigenvalue weighted by atomic mass is 10.2. The van der Waals surface area contributed by atoms with Crippen LogP contribution in [-0.2, 0) is 14.3 Å². The normalized spacial score (nSPS) is 11.2. The minimum absolute atomic E-state index is 0.0617. The summed E-state index contributed by atoms with van der Waals surface area (Å²) in [5, 5.41) is 0. The SMILES string of the molecule is CCOC(=O)/C=C/C(=O)N(CCCN(C)C)c1ccc(F)c(F)c1F. The maximum atomic E-state index is 14.0. The van der Waals surface area contributed by atoms with Gasteiger partial charge in [-0.15, -0.1) is 0 Å². The molecule has 0 saturated carbocycles. The van der Waals surface area contributed by atoms with Crippen molar-refractivity contribution in [3.05, 3.63) is 41.7 Å². The first-order valence-corrected chi connectivity index (χ1v) is 7.72. The Morgan fingerprint density at radius 2 is 1.76 bits per heavy atom. The molecule has 0 radical (unpaired) electrons. The molecule has 0 aliphatic carbocycles. The van der Waals surface area contributed by atoms with Crippen LogP contribution in [0.25, 0.3) is 0 Å². The second-order valence-electron chi connectivity index (χ2n) is 5.43. The van der Waals surface area contributed by atoms with Crippen molar-refractivity contribution in [2.75, 3.05) is 38.7 Å². The van der Waals surface area contributed by atoms with Crippen LogP contribution in [0.2, 0.25) is 0 Å². The molecule has 1 aromatic carbocycles. The zero-order valence-corrected chi connectivity index (χ0v) is 14.4. The van der Waals surface area contributed by atoms with Gasteiger partial charge in [0.15, 0.2) is 17.5 Å². The number of ether oxygens (including phenoxy) is 1. The molecule has 0 fully saturated rings. The van der Waals surface area contributed by atoms with E-state index in [0.29, 0.717) is 13.0 Å². The summed E-state index contributed by atoms with van der Waals surface area (Å²) in [5.41, 5.74) is -0.392. The van der Waals surface area contributed by atoms with E-state index in [9.17, 15) is 22.8 Å². The van der Waals surface area contributed by atoms with Crippen LogP contribution < -0.4 is 4.90 Å². The first-order valence-electron chi connectivity index (χ1n) is 7.72. The molecule has 8 heteroatoms. The van der Waals surface area contributed by atoms with E-state index in [1.165, 1.54) is 0 Å². The molecule has 138 valence electrons. The molecular formula is C17H21F3N2O3. The van der Waals surface area contributed by atoms with Gasteiger partial charge in [0.25, 0.3) is 5.91 Å². The summed E-state index contributed by atoms with van der Waals surface area (Å²) in [7, 11) is 3.65. The first kappa shape index (κ1) is 20.7. The van der Waals surface area contributed by atoms with Gasteiger partial charge < -0.3 is 14.5 Å². The smallest absolute Gasteiger partial charge is 0.330 e. The van der Waals surface area contributed by atoms with Gasteiger partial charge in [0.05, 0.1) is 12.3 Å². The Hall–Kier alpha value is -2.35. The fourth-order valence-corrected chi connectivity index (χ4v) is 2.04. The molecule has 5 nitrogen and oxygen atoms in total. The lowest BCUT2D eigenvalue weighted by Gasteiger charge is -2.23. The third-order valence-corrected chi connectivity index (χ3v) is 3.21. The number of hydrogen-bond acceptors (Lipinski definition) is 4. The number of esters is 1. The van der Waals surface area contributed by atoms with E-state index >= 15 is 0 Å².